The van der Waals surface area contributed by atoms with Gasteiger partial charge in [0, 0.05) is 26.2 Å². The lowest BCUT2D eigenvalue weighted by Gasteiger charge is -2.39. The van der Waals surface area contributed by atoms with Crippen molar-refractivity contribution < 1.29 is 19.1 Å². The SMILES string of the molecule is O=C(OCc1ccccc1)N1CCC(C2CCN(C(=O)OCc3ccccc3)CC2)CC1. The fourth-order valence-corrected chi connectivity index (χ4v) is 4.73. The Bertz CT molecular complexity index is 784. The third kappa shape index (κ3) is 6.02. The molecule has 0 bridgehead atoms. The van der Waals surface area contributed by atoms with Gasteiger partial charge in [0.2, 0.25) is 0 Å². The third-order valence-electron chi connectivity index (χ3n) is 6.67. The lowest BCUT2D eigenvalue weighted by molar-refractivity contribution is 0.0555. The van der Waals surface area contributed by atoms with Gasteiger partial charge in [-0.25, -0.2) is 9.59 Å². The molecule has 0 N–H and O–H groups in total. The van der Waals surface area contributed by atoms with Crippen LogP contribution in [0, 0.1) is 11.8 Å². The van der Waals surface area contributed by atoms with E-state index in [-0.39, 0.29) is 12.2 Å². The molecule has 2 aliphatic rings. The quantitative estimate of drug-likeness (QED) is 0.656. The van der Waals surface area contributed by atoms with Gasteiger partial charge in [0.25, 0.3) is 0 Å². The Balaban J connectivity index is 1.14. The molecule has 0 radical (unpaired) electrons. The molecule has 0 aromatic heterocycles. The van der Waals surface area contributed by atoms with Crippen LogP contribution < -0.4 is 0 Å². The monoisotopic (exact) mass is 436 g/mol. The van der Waals surface area contributed by atoms with E-state index in [1.165, 1.54) is 0 Å². The van der Waals surface area contributed by atoms with Gasteiger partial charge in [-0.3, -0.25) is 0 Å². The first-order chi connectivity index (χ1) is 15.7. The summed E-state index contributed by atoms with van der Waals surface area (Å²) in [5, 5.41) is 0. The second-order valence-corrected chi connectivity index (χ2v) is 8.73. The Morgan fingerprint density at radius 1 is 0.625 bits per heavy atom. The summed E-state index contributed by atoms with van der Waals surface area (Å²) in [6, 6.07) is 19.5. The second-order valence-electron chi connectivity index (χ2n) is 8.73. The zero-order valence-electron chi connectivity index (χ0n) is 18.5. The van der Waals surface area contributed by atoms with Crippen molar-refractivity contribution in [2.75, 3.05) is 26.2 Å². The molecule has 2 saturated heterocycles. The van der Waals surface area contributed by atoms with Crippen LogP contribution >= 0.6 is 0 Å². The summed E-state index contributed by atoms with van der Waals surface area (Å²) in [5.41, 5.74) is 2.01. The standard InChI is InChI=1S/C26H32N2O4/c29-25(31-19-21-7-3-1-4-8-21)27-15-11-23(12-16-27)24-13-17-28(18-14-24)26(30)32-20-22-9-5-2-6-10-22/h1-10,23-24H,11-20H2. The highest BCUT2D eigenvalue weighted by atomic mass is 16.6. The summed E-state index contributed by atoms with van der Waals surface area (Å²) >= 11 is 0. The highest BCUT2D eigenvalue weighted by Crippen LogP contribution is 2.33. The van der Waals surface area contributed by atoms with Gasteiger partial charge in [-0.15, -0.1) is 0 Å². The molecule has 0 saturated carbocycles. The molecule has 2 heterocycles. The lowest BCUT2D eigenvalue weighted by Crippen LogP contribution is -2.44. The van der Waals surface area contributed by atoms with Crippen LogP contribution in [0.4, 0.5) is 9.59 Å². The molecule has 0 unspecified atom stereocenters. The van der Waals surface area contributed by atoms with Crippen LogP contribution in [-0.4, -0.2) is 48.2 Å². The molecule has 4 rings (SSSR count). The number of likely N-dealkylation sites (tertiary alicyclic amines) is 2. The molecule has 2 aromatic rings. The molecule has 32 heavy (non-hydrogen) atoms. The summed E-state index contributed by atoms with van der Waals surface area (Å²) in [6.07, 6.45) is 3.58. The van der Waals surface area contributed by atoms with Crippen LogP contribution in [-0.2, 0) is 22.7 Å². The first-order valence-corrected chi connectivity index (χ1v) is 11.6. The van der Waals surface area contributed by atoms with Crippen molar-refractivity contribution in [3.05, 3.63) is 71.8 Å². The molecule has 2 aliphatic heterocycles. The van der Waals surface area contributed by atoms with Crippen molar-refractivity contribution in [1.82, 2.24) is 9.80 Å². The summed E-state index contributed by atoms with van der Waals surface area (Å²) in [5.74, 6) is 1.21. The average Bonchev–Trinajstić information content (AvgIpc) is 2.87. The minimum absolute atomic E-state index is 0.219. The highest BCUT2D eigenvalue weighted by molar-refractivity contribution is 5.68. The van der Waals surface area contributed by atoms with Gasteiger partial charge in [0.05, 0.1) is 0 Å². The Hall–Kier alpha value is -3.02. The maximum Gasteiger partial charge on any atom is 0.410 e. The first kappa shape index (κ1) is 22.2. The Morgan fingerprint density at radius 3 is 1.31 bits per heavy atom. The fraction of sp³-hybridized carbons (Fsp3) is 0.462. The Kier molecular flexibility index (Phi) is 7.64. The van der Waals surface area contributed by atoms with Crippen molar-refractivity contribution in [3.63, 3.8) is 0 Å². The third-order valence-corrected chi connectivity index (χ3v) is 6.67. The van der Waals surface area contributed by atoms with Gasteiger partial charge in [-0.1, -0.05) is 60.7 Å². The molecule has 6 nitrogen and oxygen atoms in total. The molecule has 0 aliphatic carbocycles. The molecule has 170 valence electrons. The van der Waals surface area contributed by atoms with Crippen molar-refractivity contribution in [1.29, 1.82) is 0 Å². The molecule has 0 atom stereocenters. The van der Waals surface area contributed by atoms with E-state index in [1.54, 1.807) is 0 Å². The van der Waals surface area contributed by atoms with Crippen molar-refractivity contribution in [2.24, 2.45) is 11.8 Å². The predicted octanol–water partition coefficient (Wildman–Crippen LogP) is 5.08. The molecule has 6 heteroatoms. The number of carbonyl (C=O) groups excluding carboxylic acids is 2. The van der Waals surface area contributed by atoms with Gasteiger partial charge in [-0.05, 0) is 48.6 Å². The number of piperidine rings is 2. The number of benzene rings is 2. The van der Waals surface area contributed by atoms with Crippen LogP contribution in [0.5, 0.6) is 0 Å². The Morgan fingerprint density at radius 2 is 0.969 bits per heavy atom. The van der Waals surface area contributed by atoms with E-state index < -0.39 is 0 Å². The summed E-state index contributed by atoms with van der Waals surface area (Å²) < 4.78 is 10.9. The Labute approximate surface area is 190 Å². The fourth-order valence-electron chi connectivity index (χ4n) is 4.73. The van der Waals surface area contributed by atoms with E-state index in [0.29, 0.717) is 25.0 Å². The minimum Gasteiger partial charge on any atom is -0.445 e. The average molecular weight is 437 g/mol. The smallest absolute Gasteiger partial charge is 0.410 e. The maximum absolute atomic E-state index is 12.4. The van der Waals surface area contributed by atoms with Gasteiger partial charge >= 0.3 is 12.2 Å². The van der Waals surface area contributed by atoms with Crippen LogP contribution in [0.3, 0.4) is 0 Å². The number of rotatable bonds is 5. The van der Waals surface area contributed by atoms with Crippen molar-refractivity contribution >= 4 is 12.2 Å². The van der Waals surface area contributed by atoms with E-state index >= 15 is 0 Å². The molecular weight excluding hydrogens is 404 g/mol. The van der Waals surface area contributed by atoms with Crippen LogP contribution in [0.15, 0.2) is 60.7 Å². The predicted molar refractivity (Wildman–Crippen MR) is 122 cm³/mol. The van der Waals surface area contributed by atoms with Gasteiger partial charge in [-0.2, -0.15) is 0 Å². The van der Waals surface area contributed by atoms with E-state index in [4.69, 9.17) is 9.47 Å². The van der Waals surface area contributed by atoms with E-state index in [2.05, 4.69) is 0 Å². The summed E-state index contributed by atoms with van der Waals surface area (Å²) in [4.78, 5) is 28.4. The normalized spacial score (nSPS) is 17.8. The summed E-state index contributed by atoms with van der Waals surface area (Å²) in [7, 11) is 0. The number of hydrogen-bond donors (Lipinski definition) is 0. The molecule has 2 amide bonds. The number of ether oxygens (including phenoxy) is 2. The van der Waals surface area contributed by atoms with Crippen LogP contribution in [0.1, 0.15) is 36.8 Å². The van der Waals surface area contributed by atoms with E-state index in [9.17, 15) is 9.59 Å². The van der Waals surface area contributed by atoms with Crippen molar-refractivity contribution in [3.8, 4) is 0 Å². The summed E-state index contributed by atoms with van der Waals surface area (Å²) in [6.45, 7) is 3.63. The van der Waals surface area contributed by atoms with Crippen molar-refractivity contribution in [2.45, 2.75) is 38.9 Å². The molecule has 2 aromatic carbocycles. The van der Waals surface area contributed by atoms with Gasteiger partial charge in [0.15, 0.2) is 0 Å². The van der Waals surface area contributed by atoms with Crippen LogP contribution in [0.25, 0.3) is 0 Å². The topological polar surface area (TPSA) is 59.1 Å². The lowest BCUT2D eigenvalue weighted by atomic mass is 9.79. The largest absolute Gasteiger partial charge is 0.445 e. The highest BCUT2D eigenvalue weighted by Gasteiger charge is 2.32. The van der Waals surface area contributed by atoms with Crippen LogP contribution in [0.2, 0.25) is 0 Å². The molecule has 2 fully saturated rings. The molecule has 0 spiro atoms. The first-order valence-electron chi connectivity index (χ1n) is 11.6. The minimum atomic E-state index is -0.219. The second kappa shape index (κ2) is 11.0. The zero-order chi connectivity index (χ0) is 22.2. The number of amides is 2. The van der Waals surface area contributed by atoms with E-state index in [1.807, 2.05) is 70.5 Å². The number of nitrogens with zero attached hydrogens (tertiary/aromatic N) is 2. The van der Waals surface area contributed by atoms with Gasteiger partial charge in [0.1, 0.15) is 13.2 Å². The zero-order valence-corrected chi connectivity index (χ0v) is 18.5. The van der Waals surface area contributed by atoms with Gasteiger partial charge < -0.3 is 19.3 Å². The number of hydrogen-bond acceptors (Lipinski definition) is 4. The van der Waals surface area contributed by atoms with E-state index in [0.717, 1.165) is 63.0 Å². The maximum atomic E-state index is 12.4. The number of carbonyl (C=O) groups is 2. The molecular formula is C26H32N2O4.